The zero-order valence-electron chi connectivity index (χ0n) is 11.5. The molecule has 0 amide bonds. The molecule has 1 N–H and O–H groups in total. The van der Waals surface area contributed by atoms with Gasteiger partial charge in [-0.1, -0.05) is 23.2 Å². The highest BCUT2D eigenvalue weighted by atomic mass is 35.5. The molecule has 0 atom stereocenters. The number of ether oxygens (including phenoxy) is 1. The SMILES string of the molecule is CC(C)Oc1c(Cl)cc(CNCc2ccco2)cc1Cl. The van der Waals surface area contributed by atoms with Crippen molar-refractivity contribution in [2.45, 2.75) is 33.0 Å². The van der Waals surface area contributed by atoms with Gasteiger partial charge in [0.15, 0.2) is 5.75 Å². The van der Waals surface area contributed by atoms with E-state index in [0.717, 1.165) is 11.3 Å². The van der Waals surface area contributed by atoms with Crippen molar-refractivity contribution < 1.29 is 9.15 Å². The summed E-state index contributed by atoms with van der Waals surface area (Å²) in [6.07, 6.45) is 1.69. The average molecular weight is 314 g/mol. The highest BCUT2D eigenvalue weighted by molar-refractivity contribution is 6.37. The number of hydrogen-bond acceptors (Lipinski definition) is 3. The Morgan fingerprint density at radius 1 is 1.20 bits per heavy atom. The standard InChI is InChI=1S/C15H17Cl2NO2/c1-10(2)20-15-13(16)6-11(7-14(15)17)8-18-9-12-4-3-5-19-12/h3-7,10,18H,8-9H2,1-2H3. The van der Waals surface area contributed by atoms with Gasteiger partial charge in [-0.3, -0.25) is 0 Å². The number of furan rings is 1. The van der Waals surface area contributed by atoms with Gasteiger partial charge in [-0.25, -0.2) is 0 Å². The van der Waals surface area contributed by atoms with Crippen LogP contribution in [0.3, 0.4) is 0 Å². The molecule has 0 saturated heterocycles. The maximum Gasteiger partial charge on any atom is 0.156 e. The zero-order valence-corrected chi connectivity index (χ0v) is 13.0. The molecule has 1 aromatic carbocycles. The lowest BCUT2D eigenvalue weighted by atomic mass is 10.2. The number of rotatable bonds is 6. The van der Waals surface area contributed by atoms with Crippen LogP contribution in [0.2, 0.25) is 10.0 Å². The van der Waals surface area contributed by atoms with Crippen LogP contribution in [0, 0.1) is 0 Å². The number of nitrogens with one attached hydrogen (secondary N) is 1. The molecule has 0 fully saturated rings. The van der Waals surface area contributed by atoms with Crippen molar-refractivity contribution >= 4 is 23.2 Å². The van der Waals surface area contributed by atoms with Crippen molar-refractivity contribution in [1.29, 1.82) is 0 Å². The summed E-state index contributed by atoms with van der Waals surface area (Å²) in [6, 6.07) is 7.51. The lowest BCUT2D eigenvalue weighted by Crippen LogP contribution is -2.12. The van der Waals surface area contributed by atoms with E-state index in [2.05, 4.69) is 5.32 Å². The van der Waals surface area contributed by atoms with Crippen molar-refractivity contribution in [3.05, 3.63) is 51.9 Å². The molecular weight excluding hydrogens is 297 g/mol. The average Bonchev–Trinajstić information content (AvgIpc) is 2.87. The second-order valence-corrected chi connectivity index (χ2v) is 5.55. The van der Waals surface area contributed by atoms with E-state index in [1.807, 2.05) is 38.1 Å². The van der Waals surface area contributed by atoms with Crippen LogP contribution in [0.15, 0.2) is 34.9 Å². The van der Waals surface area contributed by atoms with E-state index < -0.39 is 0 Å². The summed E-state index contributed by atoms with van der Waals surface area (Å²) in [6.45, 7) is 5.19. The van der Waals surface area contributed by atoms with Crippen molar-refractivity contribution in [1.82, 2.24) is 5.32 Å². The molecule has 0 spiro atoms. The largest absolute Gasteiger partial charge is 0.488 e. The number of benzene rings is 1. The summed E-state index contributed by atoms with van der Waals surface area (Å²) in [5, 5.41) is 4.32. The molecule has 5 heteroatoms. The van der Waals surface area contributed by atoms with Crippen molar-refractivity contribution in [3.8, 4) is 5.75 Å². The molecule has 1 heterocycles. The molecule has 0 radical (unpaired) electrons. The van der Waals surface area contributed by atoms with Gasteiger partial charge in [-0.2, -0.15) is 0 Å². The lowest BCUT2D eigenvalue weighted by molar-refractivity contribution is 0.242. The third-order valence-corrected chi connectivity index (χ3v) is 3.18. The third-order valence-electron chi connectivity index (χ3n) is 2.62. The van der Waals surface area contributed by atoms with E-state index in [-0.39, 0.29) is 6.10 Å². The van der Waals surface area contributed by atoms with Crippen LogP contribution in [0.4, 0.5) is 0 Å². The first-order chi connectivity index (χ1) is 9.56. The minimum atomic E-state index is 0.0351. The van der Waals surface area contributed by atoms with Gasteiger partial charge in [0, 0.05) is 6.54 Å². The van der Waals surface area contributed by atoms with Gasteiger partial charge >= 0.3 is 0 Å². The quantitative estimate of drug-likeness (QED) is 0.842. The molecule has 0 bridgehead atoms. The van der Waals surface area contributed by atoms with E-state index in [4.69, 9.17) is 32.4 Å². The summed E-state index contributed by atoms with van der Waals surface area (Å²) < 4.78 is 10.8. The van der Waals surface area contributed by atoms with E-state index in [9.17, 15) is 0 Å². The summed E-state index contributed by atoms with van der Waals surface area (Å²) >= 11 is 12.4. The van der Waals surface area contributed by atoms with Crippen molar-refractivity contribution in [3.63, 3.8) is 0 Å². The second kappa shape index (κ2) is 7.02. The molecular formula is C15H17Cl2NO2. The molecule has 2 aromatic rings. The van der Waals surface area contributed by atoms with Crippen LogP contribution in [0.25, 0.3) is 0 Å². The van der Waals surface area contributed by atoms with Crippen molar-refractivity contribution in [2.75, 3.05) is 0 Å². The van der Waals surface area contributed by atoms with Gasteiger partial charge in [0.1, 0.15) is 5.76 Å². The molecule has 108 valence electrons. The molecule has 2 rings (SSSR count). The predicted molar refractivity (Wildman–Crippen MR) is 81.5 cm³/mol. The Kier molecular flexibility index (Phi) is 5.35. The Labute approximate surface area is 128 Å². The molecule has 0 aliphatic rings. The highest BCUT2D eigenvalue weighted by Gasteiger charge is 2.11. The fraction of sp³-hybridized carbons (Fsp3) is 0.333. The minimum Gasteiger partial charge on any atom is -0.488 e. The summed E-state index contributed by atoms with van der Waals surface area (Å²) in [7, 11) is 0. The van der Waals surface area contributed by atoms with Gasteiger partial charge in [0.25, 0.3) is 0 Å². The molecule has 0 saturated carbocycles. The Balaban J connectivity index is 1.99. The van der Waals surface area contributed by atoms with Gasteiger partial charge in [-0.15, -0.1) is 0 Å². The first kappa shape index (κ1) is 15.2. The Hall–Kier alpha value is -1.16. The summed E-state index contributed by atoms with van der Waals surface area (Å²) in [5.41, 5.74) is 1.00. The van der Waals surface area contributed by atoms with Crippen LogP contribution in [-0.2, 0) is 13.1 Å². The molecule has 0 aliphatic carbocycles. The van der Waals surface area contributed by atoms with Crippen LogP contribution in [0.5, 0.6) is 5.75 Å². The Morgan fingerprint density at radius 3 is 2.45 bits per heavy atom. The molecule has 1 aromatic heterocycles. The minimum absolute atomic E-state index is 0.0351. The van der Waals surface area contributed by atoms with Crippen molar-refractivity contribution in [2.24, 2.45) is 0 Å². The Bertz CT molecular complexity index is 530. The smallest absolute Gasteiger partial charge is 0.156 e. The predicted octanol–water partition coefficient (Wildman–Crippen LogP) is 4.66. The normalized spacial score (nSPS) is 11.1. The zero-order chi connectivity index (χ0) is 14.5. The molecule has 3 nitrogen and oxygen atoms in total. The van der Waals surface area contributed by atoms with E-state index in [1.54, 1.807) is 6.26 Å². The van der Waals surface area contributed by atoms with E-state index in [0.29, 0.717) is 28.9 Å². The fourth-order valence-electron chi connectivity index (χ4n) is 1.81. The second-order valence-electron chi connectivity index (χ2n) is 4.74. The first-order valence-electron chi connectivity index (χ1n) is 6.44. The monoisotopic (exact) mass is 313 g/mol. The summed E-state index contributed by atoms with van der Waals surface area (Å²) in [4.78, 5) is 0. The summed E-state index contributed by atoms with van der Waals surface area (Å²) in [5.74, 6) is 1.43. The fourth-order valence-corrected chi connectivity index (χ4v) is 2.43. The van der Waals surface area contributed by atoms with Gasteiger partial charge in [0.05, 0.1) is 29.0 Å². The topological polar surface area (TPSA) is 34.4 Å². The van der Waals surface area contributed by atoms with Gasteiger partial charge in [0.2, 0.25) is 0 Å². The van der Waals surface area contributed by atoms with Crippen LogP contribution in [-0.4, -0.2) is 6.10 Å². The molecule has 20 heavy (non-hydrogen) atoms. The highest BCUT2D eigenvalue weighted by Crippen LogP contribution is 2.34. The molecule has 0 aliphatic heterocycles. The van der Waals surface area contributed by atoms with Gasteiger partial charge < -0.3 is 14.5 Å². The molecule has 0 unspecified atom stereocenters. The van der Waals surface area contributed by atoms with E-state index >= 15 is 0 Å². The maximum absolute atomic E-state index is 6.20. The maximum atomic E-state index is 6.20. The third kappa shape index (κ3) is 4.17. The lowest BCUT2D eigenvalue weighted by Gasteiger charge is -2.14. The van der Waals surface area contributed by atoms with E-state index in [1.165, 1.54) is 0 Å². The van der Waals surface area contributed by atoms with Crippen LogP contribution in [0.1, 0.15) is 25.2 Å². The Morgan fingerprint density at radius 2 is 1.90 bits per heavy atom. The van der Waals surface area contributed by atoms with Crippen LogP contribution >= 0.6 is 23.2 Å². The number of halogens is 2. The van der Waals surface area contributed by atoms with Crippen LogP contribution < -0.4 is 10.1 Å². The van der Waals surface area contributed by atoms with Gasteiger partial charge in [-0.05, 0) is 43.7 Å². The first-order valence-corrected chi connectivity index (χ1v) is 7.19. The number of hydrogen-bond donors (Lipinski definition) is 1.